The Labute approximate surface area is 170 Å². The number of hydrogen-bond donors (Lipinski definition) is 0. The van der Waals surface area contributed by atoms with Gasteiger partial charge in [0.15, 0.2) is 5.17 Å². The summed E-state index contributed by atoms with van der Waals surface area (Å²) in [5.74, 6) is 0.945. The molecule has 0 aliphatic carbocycles. The zero-order valence-corrected chi connectivity index (χ0v) is 17.3. The minimum Gasteiger partial charge on any atom is -0.493 e. The fourth-order valence-corrected chi connectivity index (χ4v) is 4.42. The van der Waals surface area contributed by atoms with Crippen LogP contribution in [0.15, 0.2) is 46.3 Å². The third-order valence-corrected chi connectivity index (χ3v) is 6.11. The summed E-state index contributed by atoms with van der Waals surface area (Å²) in [6.45, 7) is 7.66. The number of thioether (sulfide) groups is 1. The number of aliphatic imine (C=N–C) groups is 1. The second kappa shape index (κ2) is 7.84. The molecule has 2 aliphatic heterocycles. The smallest absolute Gasteiger partial charge is 0.271 e. The van der Waals surface area contributed by atoms with Crippen LogP contribution in [0.2, 0.25) is 0 Å². The van der Waals surface area contributed by atoms with Gasteiger partial charge in [0.2, 0.25) is 0 Å². The van der Waals surface area contributed by atoms with Crippen molar-refractivity contribution in [1.82, 2.24) is 0 Å². The Kier molecular flexibility index (Phi) is 5.27. The highest BCUT2D eigenvalue weighted by Gasteiger charge is 2.35. The van der Waals surface area contributed by atoms with Crippen LogP contribution in [-0.2, 0) is 11.2 Å². The van der Waals surface area contributed by atoms with Crippen molar-refractivity contribution >= 4 is 34.6 Å². The molecule has 0 spiro atoms. The molecular formula is C23H24N2O2S. The van der Waals surface area contributed by atoms with E-state index in [0.717, 1.165) is 47.2 Å². The van der Waals surface area contributed by atoms with Crippen LogP contribution in [0, 0.1) is 13.8 Å². The first-order valence-corrected chi connectivity index (χ1v) is 10.5. The van der Waals surface area contributed by atoms with Gasteiger partial charge in [-0.2, -0.15) is 0 Å². The van der Waals surface area contributed by atoms with Crippen LogP contribution >= 0.6 is 11.8 Å². The predicted molar refractivity (Wildman–Crippen MR) is 117 cm³/mol. The first-order chi connectivity index (χ1) is 13.6. The van der Waals surface area contributed by atoms with Crippen molar-refractivity contribution in [2.45, 2.75) is 33.6 Å². The van der Waals surface area contributed by atoms with Crippen LogP contribution in [0.5, 0.6) is 5.75 Å². The van der Waals surface area contributed by atoms with E-state index in [1.54, 1.807) is 4.90 Å². The van der Waals surface area contributed by atoms with Crippen molar-refractivity contribution in [3.05, 3.63) is 63.6 Å². The van der Waals surface area contributed by atoms with Gasteiger partial charge in [-0.25, -0.2) is 0 Å². The molecule has 144 valence electrons. The maximum Gasteiger partial charge on any atom is 0.271 e. The number of carbonyl (C=O) groups is 1. The van der Waals surface area contributed by atoms with E-state index in [-0.39, 0.29) is 5.91 Å². The lowest BCUT2D eigenvalue weighted by Gasteiger charge is -2.19. The summed E-state index contributed by atoms with van der Waals surface area (Å²) in [5.41, 5.74) is 5.42. The largest absolute Gasteiger partial charge is 0.493 e. The molecule has 1 fully saturated rings. The average Bonchev–Trinajstić information content (AvgIpc) is 3.27. The Balaban J connectivity index is 1.73. The van der Waals surface area contributed by atoms with E-state index in [0.29, 0.717) is 11.4 Å². The highest BCUT2D eigenvalue weighted by atomic mass is 32.2. The molecule has 2 aliphatic rings. The number of hydrogen-bond acceptors (Lipinski definition) is 4. The zero-order chi connectivity index (χ0) is 19.7. The number of fused-ring (bicyclic) bond motifs is 1. The molecule has 2 aromatic carbocycles. The molecule has 0 bridgehead atoms. The molecule has 0 radical (unpaired) electrons. The second-order valence-electron chi connectivity index (χ2n) is 7.10. The summed E-state index contributed by atoms with van der Waals surface area (Å²) in [4.78, 5) is 20.5. The van der Waals surface area contributed by atoms with Crippen molar-refractivity contribution in [1.29, 1.82) is 0 Å². The summed E-state index contributed by atoms with van der Waals surface area (Å²) in [6, 6.07) is 12.2. The van der Waals surface area contributed by atoms with E-state index in [1.165, 1.54) is 22.9 Å². The van der Waals surface area contributed by atoms with Gasteiger partial charge in [0.1, 0.15) is 5.75 Å². The average molecular weight is 393 g/mol. The molecule has 2 heterocycles. The van der Waals surface area contributed by atoms with Gasteiger partial charge in [-0.3, -0.25) is 14.7 Å². The monoisotopic (exact) mass is 392 g/mol. The van der Waals surface area contributed by atoms with Crippen molar-refractivity contribution in [3.63, 3.8) is 0 Å². The van der Waals surface area contributed by atoms with Crippen LogP contribution in [0.4, 0.5) is 5.69 Å². The molecule has 4 rings (SSSR count). The third-order valence-electron chi connectivity index (χ3n) is 5.11. The van der Waals surface area contributed by atoms with E-state index >= 15 is 0 Å². The van der Waals surface area contributed by atoms with Crippen LogP contribution in [0.25, 0.3) is 6.08 Å². The van der Waals surface area contributed by atoms with Crippen molar-refractivity contribution in [2.75, 3.05) is 18.1 Å². The lowest BCUT2D eigenvalue weighted by atomic mass is 10.1. The van der Waals surface area contributed by atoms with Crippen LogP contribution < -0.4 is 9.64 Å². The number of rotatable bonds is 4. The van der Waals surface area contributed by atoms with E-state index < -0.39 is 0 Å². The molecular weight excluding hydrogens is 368 g/mol. The van der Waals surface area contributed by atoms with Crippen LogP contribution in [-0.4, -0.2) is 24.2 Å². The molecule has 1 saturated heterocycles. The Morgan fingerprint density at radius 1 is 1.25 bits per heavy atom. The van der Waals surface area contributed by atoms with E-state index in [4.69, 9.17) is 9.73 Å². The van der Waals surface area contributed by atoms with E-state index in [1.807, 2.05) is 30.3 Å². The summed E-state index contributed by atoms with van der Waals surface area (Å²) < 4.78 is 5.58. The maximum atomic E-state index is 13.3. The van der Waals surface area contributed by atoms with Gasteiger partial charge >= 0.3 is 0 Å². The maximum absolute atomic E-state index is 13.3. The number of anilines is 1. The number of amides is 1. The summed E-state index contributed by atoms with van der Waals surface area (Å²) in [5, 5.41) is 0.760. The molecule has 0 unspecified atom stereocenters. The molecule has 28 heavy (non-hydrogen) atoms. The fourth-order valence-electron chi connectivity index (χ4n) is 3.42. The Morgan fingerprint density at radius 3 is 2.93 bits per heavy atom. The number of nitrogens with zero attached hydrogens (tertiary/aromatic N) is 2. The van der Waals surface area contributed by atoms with Gasteiger partial charge in [-0.15, -0.1) is 0 Å². The Hall–Kier alpha value is -2.53. The first-order valence-electron chi connectivity index (χ1n) is 9.69. The molecule has 0 atom stereocenters. The highest BCUT2D eigenvalue weighted by Crippen LogP contribution is 2.38. The lowest BCUT2D eigenvalue weighted by Crippen LogP contribution is -2.29. The van der Waals surface area contributed by atoms with Gasteiger partial charge < -0.3 is 4.74 Å². The predicted octanol–water partition coefficient (Wildman–Crippen LogP) is 5.13. The van der Waals surface area contributed by atoms with Gasteiger partial charge in [-0.05, 0) is 78.6 Å². The minimum atomic E-state index is -0.00898. The molecule has 0 saturated carbocycles. The number of amidine groups is 1. The summed E-state index contributed by atoms with van der Waals surface area (Å²) in [6.07, 6.45) is 3.84. The van der Waals surface area contributed by atoms with Crippen molar-refractivity contribution in [2.24, 2.45) is 4.99 Å². The number of ether oxygens (including phenoxy) is 1. The lowest BCUT2D eigenvalue weighted by molar-refractivity contribution is -0.113. The summed E-state index contributed by atoms with van der Waals surface area (Å²) in [7, 11) is 0. The van der Waals surface area contributed by atoms with E-state index in [9.17, 15) is 4.79 Å². The standard InChI is InChI=1S/C23H24N2O2S/c1-4-11-24-23-25(19-7-5-6-15(2)16(19)3)22(26)21(28-23)14-17-8-9-20-18(13-17)10-12-27-20/h5-9,13-14H,4,10-12H2,1-3H3/b21-14-,24-23?. The molecule has 1 amide bonds. The van der Waals surface area contributed by atoms with Gasteiger partial charge in [0.25, 0.3) is 5.91 Å². The first kappa shape index (κ1) is 18.8. The van der Waals surface area contributed by atoms with Crippen molar-refractivity contribution < 1.29 is 9.53 Å². The molecule has 2 aromatic rings. The topological polar surface area (TPSA) is 41.9 Å². The third kappa shape index (κ3) is 3.47. The fraction of sp³-hybridized carbons (Fsp3) is 0.304. The van der Waals surface area contributed by atoms with Crippen molar-refractivity contribution in [3.8, 4) is 5.75 Å². The van der Waals surface area contributed by atoms with E-state index in [2.05, 4.69) is 32.9 Å². The van der Waals surface area contributed by atoms with Crippen LogP contribution in [0.1, 0.15) is 35.6 Å². The summed E-state index contributed by atoms with van der Waals surface area (Å²) >= 11 is 1.46. The SMILES string of the molecule is CCCN=C1S/C(=C\c2ccc3c(c2)CCO3)C(=O)N1c1cccc(C)c1C. The molecule has 4 nitrogen and oxygen atoms in total. The quantitative estimate of drug-likeness (QED) is 0.678. The Morgan fingerprint density at radius 2 is 2.11 bits per heavy atom. The molecule has 5 heteroatoms. The molecule has 0 aromatic heterocycles. The number of carbonyl (C=O) groups excluding carboxylic acids is 1. The van der Waals surface area contributed by atoms with Gasteiger partial charge in [-0.1, -0.05) is 25.1 Å². The normalized spacial score (nSPS) is 18.8. The number of benzene rings is 2. The number of aryl methyl sites for hydroxylation is 1. The van der Waals surface area contributed by atoms with Gasteiger partial charge in [0.05, 0.1) is 17.2 Å². The van der Waals surface area contributed by atoms with Gasteiger partial charge in [0, 0.05) is 13.0 Å². The molecule has 0 N–H and O–H groups in total. The minimum absolute atomic E-state index is 0.00898. The second-order valence-corrected chi connectivity index (χ2v) is 8.11. The highest BCUT2D eigenvalue weighted by molar-refractivity contribution is 8.19. The zero-order valence-electron chi connectivity index (χ0n) is 16.5. The Bertz CT molecular complexity index is 994. The van der Waals surface area contributed by atoms with Crippen LogP contribution in [0.3, 0.4) is 0 Å².